The van der Waals surface area contributed by atoms with Gasteiger partial charge in [0.15, 0.2) is 0 Å². The molecule has 0 unspecified atom stereocenters. The van der Waals surface area contributed by atoms with Gasteiger partial charge < -0.3 is 25.4 Å². The lowest BCUT2D eigenvalue weighted by molar-refractivity contribution is -0.115. The molecular weight excluding hydrogens is 318 g/mol. The summed E-state index contributed by atoms with van der Waals surface area (Å²) in [5.41, 5.74) is 9.68. The van der Waals surface area contributed by atoms with Gasteiger partial charge in [-0.2, -0.15) is 0 Å². The molecule has 1 heterocycles. The Hall–Kier alpha value is -2.89. The van der Waals surface area contributed by atoms with Gasteiger partial charge in [0.05, 0.1) is 20.8 Å². The molecule has 6 heteroatoms. The highest BCUT2D eigenvalue weighted by atomic mass is 16.5. The van der Waals surface area contributed by atoms with E-state index in [-0.39, 0.29) is 12.5 Å². The van der Waals surface area contributed by atoms with Gasteiger partial charge in [0, 0.05) is 41.8 Å². The Bertz CT molecular complexity index is 754. The minimum absolute atomic E-state index is 0.0921. The lowest BCUT2D eigenvalue weighted by Gasteiger charge is -2.31. The molecule has 1 aliphatic heterocycles. The van der Waals surface area contributed by atoms with Gasteiger partial charge in [-0.15, -0.1) is 0 Å². The van der Waals surface area contributed by atoms with E-state index < -0.39 is 0 Å². The summed E-state index contributed by atoms with van der Waals surface area (Å²) in [7, 11) is 3.16. The van der Waals surface area contributed by atoms with E-state index in [1.807, 2.05) is 18.2 Å². The van der Waals surface area contributed by atoms with Gasteiger partial charge in [0.25, 0.3) is 0 Å². The standard InChI is InChI=1S/C19H23N3O3/c1-24-14-9-13(10-15(11-14)25-2)21-19(23)12-22-8-4-5-16-17(20)6-3-7-18(16)22/h3,6-7,9-11H,4-5,8,12,20H2,1-2H3,(H,21,23). The van der Waals surface area contributed by atoms with E-state index in [9.17, 15) is 4.79 Å². The maximum atomic E-state index is 12.5. The van der Waals surface area contributed by atoms with Gasteiger partial charge in [-0.1, -0.05) is 6.07 Å². The fourth-order valence-electron chi connectivity index (χ4n) is 3.15. The minimum atomic E-state index is -0.0921. The molecule has 6 nitrogen and oxygen atoms in total. The largest absolute Gasteiger partial charge is 0.497 e. The molecule has 0 saturated carbocycles. The number of carbonyl (C=O) groups excluding carboxylic acids is 1. The quantitative estimate of drug-likeness (QED) is 0.818. The van der Waals surface area contributed by atoms with E-state index in [0.717, 1.165) is 36.3 Å². The van der Waals surface area contributed by atoms with Crippen LogP contribution in [0.4, 0.5) is 17.1 Å². The molecule has 0 saturated heterocycles. The fraction of sp³-hybridized carbons (Fsp3) is 0.316. The van der Waals surface area contributed by atoms with Crippen LogP contribution in [0.2, 0.25) is 0 Å². The highest BCUT2D eigenvalue weighted by molar-refractivity contribution is 5.94. The highest BCUT2D eigenvalue weighted by Crippen LogP contribution is 2.31. The minimum Gasteiger partial charge on any atom is -0.497 e. The van der Waals surface area contributed by atoms with Crippen molar-refractivity contribution in [2.75, 3.05) is 43.3 Å². The first-order valence-electron chi connectivity index (χ1n) is 8.26. The monoisotopic (exact) mass is 341 g/mol. The summed E-state index contributed by atoms with van der Waals surface area (Å²) < 4.78 is 10.5. The van der Waals surface area contributed by atoms with Crippen LogP contribution in [0.15, 0.2) is 36.4 Å². The molecular formula is C19H23N3O3. The summed E-state index contributed by atoms with van der Waals surface area (Å²) in [5, 5.41) is 2.91. The maximum absolute atomic E-state index is 12.5. The first kappa shape index (κ1) is 17.0. The number of amides is 1. The van der Waals surface area contributed by atoms with Crippen LogP contribution in [0, 0.1) is 0 Å². The van der Waals surface area contributed by atoms with Crippen molar-refractivity contribution in [3.8, 4) is 11.5 Å². The molecule has 3 rings (SSSR count). The second-order valence-corrected chi connectivity index (χ2v) is 6.02. The number of nitrogens with zero attached hydrogens (tertiary/aromatic N) is 1. The van der Waals surface area contributed by atoms with E-state index in [0.29, 0.717) is 17.2 Å². The number of nitrogens with one attached hydrogen (secondary N) is 1. The zero-order valence-electron chi connectivity index (χ0n) is 14.5. The molecule has 1 amide bonds. The summed E-state index contributed by atoms with van der Waals surface area (Å²) in [6.45, 7) is 1.11. The molecule has 0 bridgehead atoms. The number of nitrogens with two attached hydrogens (primary N) is 1. The molecule has 3 N–H and O–H groups in total. The van der Waals surface area contributed by atoms with Crippen LogP contribution < -0.4 is 25.4 Å². The SMILES string of the molecule is COc1cc(NC(=O)CN2CCCc3c(N)cccc32)cc(OC)c1. The Morgan fingerprint density at radius 1 is 1.20 bits per heavy atom. The maximum Gasteiger partial charge on any atom is 0.243 e. The summed E-state index contributed by atoms with van der Waals surface area (Å²) in [6, 6.07) is 11.2. The lowest BCUT2D eigenvalue weighted by Crippen LogP contribution is -2.37. The van der Waals surface area contributed by atoms with Crippen LogP contribution in [-0.2, 0) is 11.2 Å². The molecule has 0 aromatic heterocycles. The van der Waals surface area contributed by atoms with Crippen molar-refractivity contribution in [2.45, 2.75) is 12.8 Å². The van der Waals surface area contributed by atoms with Gasteiger partial charge in [-0.25, -0.2) is 0 Å². The number of benzene rings is 2. The topological polar surface area (TPSA) is 76.8 Å². The Morgan fingerprint density at radius 3 is 2.60 bits per heavy atom. The Balaban J connectivity index is 1.73. The fourth-order valence-corrected chi connectivity index (χ4v) is 3.15. The van der Waals surface area contributed by atoms with Crippen molar-refractivity contribution >= 4 is 23.0 Å². The van der Waals surface area contributed by atoms with E-state index in [2.05, 4.69) is 10.2 Å². The number of methoxy groups -OCH3 is 2. The third kappa shape index (κ3) is 3.79. The molecule has 1 aliphatic rings. The number of hydrogen-bond donors (Lipinski definition) is 2. The van der Waals surface area contributed by atoms with Crippen LogP contribution in [-0.4, -0.2) is 33.2 Å². The molecule has 2 aromatic carbocycles. The number of carbonyl (C=O) groups is 1. The third-order valence-electron chi connectivity index (χ3n) is 4.35. The Labute approximate surface area is 147 Å². The summed E-state index contributed by atoms with van der Waals surface area (Å²) in [6.07, 6.45) is 1.94. The summed E-state index contributed by atoms with van der Waals surface area (Å²) >= 11 is 0. The Kier molecular flexibility index (Phi) is 4.97. The number of fused-ring (bicyclic) bond motifs is 1. The number of anilines is 3. The average molecular weight is 341 g/mol. The molecule has 2 aromatic rings. The van der Waals surface area contributed by atoms with Gasteiger partial charge in [0.1, 0.15) is 11.5 Å². The smallest absolute Gasteiger partial charge is 0.243 e. The predicted octanol–water partition coefficient (Wildman–Crippen LogP) is 2.68. The predicted molar refractivity (Wildman–Crippen MR) is 99.6 cm³/mol. The number of hydrogen-bond acceptors (Lipinski definition) is 5. The van der Waals surface area contributed by atoms with Crippen molar-refractivity contribution in [3.63, 3.8) is 0 Å². The second-order valence-electron chi connectivity index (χ2n) is 6.02. The van der Waals surface area contributed by atoms with Crippen LogP contribution in [0.3, 0.4) is 0 Å². The molecule has 0 aliphatic carbocycles. The van der Waals surface area contributed by atoms with Crippen molar-refractivity contribution < 1.29 is 14.3 Å². The first-order valence-corrected chi connectivity index (χ1v) is 8.26. The van der Waals surface area contributed by atoms with E-state index in [4.69, 9.17) is 15.2 Å². The van der Waals surface area contributed by atoms with E-state index >= 15 is 0 Å². The highest BCUT2D eigenvalue weighted by Gasteiger charge is 2.20. The molecule has 25 heavy (non-hydrogen) atoms. The van der Waals surface area contributed by atoms with Crippen LogP contribution >= 0.6 is 0 Å². The average Bonchev–Trinajstić information content (AvgIpc) is 2.62. The molecule has 0 fully saturated rings. The molecule has 0 atom stereocenters. The van der Waals surface area contributed by atoms with E-state index in [1.165, 1.54) is 0 Å². The number of rotatable bonds is 5. The van der Waals surface area contributed by atoms with Gasteiger partial charge in [0.2, 0.25) is 5.91 Å². The van der Waals surface area contributed by atoms with Gasteiger partial charge >= 0.3 is 0 Å². The van der Waals surface area contributed by atoms with Crippen molar-refractivity contribution in [1.82, 2.24) is 0 Å². The second kappa shape index (κ2) is 7.34. The van der Waals surface area contributed by atoms with Crippen molar-refractivity contribution in [1.29, 1.82) is 0 Å². The first-order chi connectivity index (χ1) is 12.1. The van der Waals surface area contributed by atoms with Gasteiger partial charge in [-0.3, -0.25) is 4.79 Å². The van der Waals surface area contributed by atoms with E-state index in [1.54, 1.807) is 32.4 Å². The van der Waals surface area contributed by atoms with Gasteiger partial charge in [-0.05, 0) is 30.5 Å². The third-order valence-corrected chi connectivity index (χ3v) is 4.35. The van der Waals surface area contributed by atoms with Crippen molar-refractivity contribution in [3.05, 3.63) is 42.0 Å². The Morgan fingerprint density at radius 2 is 1.92 bits per heavy atom. The normalized spacial score (nSPS) is 13.1. The molecule has 132 valence electrons. The van der Waals surface area contributed by atoms with Crippen LogP contribution in [0.25, 0.3) is 0 Å². The lowest BCUT2D eigenvalue weighted by atomic mass is 10.00. The zero-order valence-corrected chi connectivity index (χ0v) is 14.5. The summed E-state index contributed by atoms with van der Waals surface area (Å²) in [4.78, 5) is 14.6. The molecule has 0 spiro atoms. The van der Waals surface area contributed by atoms with Crippen LogP contribution in [0.5, 0.6) is 11.5 Å². The van der Waals surface area contributed by atoms with Crippen LogP contribution in [0.1, 0.15) is 12.0 Å². The number of ether oxygens (including phenoxy) is 2. The number of nitrogen functional groups attached to an aromatic ring is 1. The zero-order chi connectivity index (χ0) is 17.8. The summed E-state index contributed by atoms with van der Waals surface area (Å²) in [5.74, 6) is 1.17. The molecule has 0 radical (unpaired) electrons. The van der Waals surface area contributed by atoms with Crippen molar-refractivity contribution in [2.24, 2.45) is 0 Å².